The van der Waals surface area contributed by atoms with Crippen LogP contribution in [0.4, 0.5) is 0 Å². The van der Waals surface area contributed by atoms with Crippen LogP contribution in [0.1, 0.15) is 40.0 Å². The third kappa shape index (κ3) is 3.82. The molecule has 3 atom stereocenters. The Morgan fingerprint density at radius 3 is 2.67 bits per heavy atom. The Labute approximate surface area is 92.5 Å². The number of nitrogens with zero attached hydrogens (tertiary/aromatic N) is 1. The van der Waals surface area contributed by atoms with Gasteiger partial charge in [0.15, 0.2) is 0 Å². The number of carboxylic acid groups (broad SMARTS) is 1. The van der Waals surface area contributed by atoms with E-state index in [0.717, 1.165) is 31.3 Å². The molecule has 1 saturated heterocycles. The lowest BCUT2D eigenvalue weighted by Crippen LogP contribution is -2.46. The molecule has 88 valence electrons. The predicted octanol–water partition coefficient (Wildman–Crippen LogP) is 2.22. The van der Waals surface area contributed by atoms with Gasteiger partial charge in [0.2, 0.25) is 0 Å². The zero-order chi connectivity index (χ0) is 11.4. The van der Waals surface area contributed by atoms with Gasteiger partial charge in [-0.15, -0.1) is 0 Å². The van der Waals surface area contributed by atoms with Crippen LogP contribution in [0.3, 0.4) is 0 Å². The van der Waals surface area contributed by atoms with E-state index < -0.39 is 5.97 Å². The van der Waals surface area contributed by atoms with Gasteiger partial charge in [0.05, 0.1) is 0 Å². The van der Waals surface area contributed by atoms with E-state index in [4.69, 9.17) is 5.11 Å². The molecule has 1 heterocycles. The minimum atomic E-state index is -0.680. The summed E-state index contributed by atoms with van der Waals surface area (Å²) in [5.41, 5.74) is 0. The number of hydrogen-bond acceptors (Lipinski definition) is 2. The lowest BCUT2D eigenvalue weighted by molar-refractivity contribution is -0.137. The van der Waals surface area contributed by atoms with Crippen LogP contribution in [-0.2, 0) is 4.79 Å². The number of aliphatic carboxylic acids is 1. The van der Waals surface area contributed by atoms with Gasteiger partial charge in [0.25, 0.3) is 0 Å². The fourth-order valence-corrected chi connectivity index (χ4v) is 2.56. The first-order valence-corrected chi connectivity index (χ1v) is 5.96. The highest BCUT2D eigenvalue weighted by Crippen LogP contribution is 2.26. The van der Waals surface area contributed by atoms with E-state index in [1.165, 1.54) is 6.42 Å². The smallest absolute Gasteiger partial charge is 0.303 e. The molecule has 0 aromatic rings. The zero-order valence-corrected chi connectivity index (χ0v) is 10.1. The van der Waals surface area contributed by atoms with Gasteiger partial charge in [-0.25, -0.2) is 0 Å². The number of hydrogen-bond donors (Lipinski definition) is 1. The molecule has 1 rings (SSSR count). The molecule has 1 aliphatic heterocycles. The van der Waals surface area contributed by atoms with E-state index in [1.807, 2.05) is 0 Å². The van der Waals surface area contributed by atoms with Crippen LogP contribution in [0.5, 0.6) is 0 Å². The van der Waals surface area contributed by atoms with Gasteiger partial charge in [0.1, 0.15) is 0 Å². The van der Waals surface area contributed by atoms with Gasteiger partial charge in [-0.05, 0) is 38.1 Å². The molecule has 0 aromatic heterocycles. The molecule has 0 saturated carbocycles. The molecule has 3 nitrogen and oxygen atoms in total. The molecule has 1 aliphatic rings. The summed E-state index contributed by atoms with van der Waals surface area (Å²) in [5, 5.41) is 8.59. The van der Waals surface area contributed by atoms with E-state index in [9.17, 15) is 4.79 Å². The van der Waals surface area contributed by atoms with Crippen LogP contribution in [0.15, 0.2) is 0 Å². The molecule has 0 bridgehead atoms. The quantitative estimate of drug-likeness (QED) is 0.778. The first kappa shape index (κ1) is 12.5. The van der Waals surface area contributed by atoms with E-state index in [-0.39, 0.29) is 0 Å². The normalized spacial score (nSPS) is 32.9. The maximum Gasteiger partial charge on any atom is 0.303 e. The summed E-state index contributed by atoms with van der Waals surface area (Å²) in [5.74, 6) is 0.806. The predicted molar refractivity (Wildman–Crippen MR) is 60.8 cm³/mol. The lowest BCUT2D eigenvalue weighted by atomic mass is 9.86. The zero-order valence-electron chi connectivity index (χ0n) is 10.1. The Bertz CT molecular complexity index is 218. The molecule has 3 unspecified atom stereocenters. The second-order valence-electron chi connectivity index (χ2n) is 5.05. The summed E-state index contributed by atoms with van der Waals surface area (Å²) in [4.78, 5) is 12.9. The fraction of sp³-hybridized carbons (Fsp3) is 0.917. The van der Waals surface area contributed by atoms with Crippen LogP contribution in [0.2, 0.25) is 0 Å². The summed E-state index contributed by atoms with van der Waals surface area (Å²) in [6, 6.07) is 0.606. The second kappa shape index (κ2) is 5.50. The van der Waals surface area contributed by atoms with Crippen molar-refractivity contribution in [1.29, 1.82) is 0 Å². The first-order valence-electron chi connectivity index (χ1n) is 5.96. The first-order chi connectivity index (χ1) is 7.00. The Balaban J connectivity index is 2.35. The maximum atomic E-state index is 10.4. The molecule has 0 aromatic carbocycles. The molecule has 0 amide bonds. The highest BCUT2D eigenvalue weighted by molar-refractivity contribution is 5.66. The fourth-order valence-electron chi connectivity index (χ4n) is 2.56. The number of likely N-dealkylation sites (tertiary alicyclic amines) is 1. The van der Waals surface area contributed by atoms with Crippen molar-refractivity contribution in [2.45, 2.75) is 46.1 Å². The number of rotatable bonds is 4. The van der Waals surface area contributed by atoms with Crippen molar-refractivity contribution >= 4 is 5.97 Å². The van der Waals surface area contributed by atoms with Crippen molar-refractivity contribution < 1.29 is 9.90 Å². The van der Waals surface area contributed by atoms with Crippen LogP contribution in [0, 0.1) is 11.8 Å². The summed E-state index contributed by atoms with van der Waals surface area (Å²) < 4.78 is 0. The van der Waals surface area contributed by atoms with E-state index >= 15 is 0 Å². The average Bonchev–Trinajstić information content (AvgIpc) is 2.12. The molecular weight excluding hydrogens is 190 g/mol. The molecule has 0 radical (unpaired) electrons. The monoisotopic (exact) mass is 213 g/mol. The minimum absolute atomic E-state index is 0.298. The summed E-state index contributed by atoms with van der Waals surface area (Å²) in [7, 11) is 0. The molecular formula is C12H23NO2. The van der Waals surface area contributed by atoms with E-state index in [2.05, 4.69) is 25.7 Å². The van der Waals surface area contributed by atoms with Gasteiger partial charge in [-0.1, -0.05) is 13.8 Å². The van der Waals surface area contributed by atoms with Crippen LogP contribution in [0.25, 0.3) is 0 Å². The van der Waals surface area contributed by atoms with Gasteiger partial charge in [-0.2, -0.15) is 0 Å². The average molecular weight is 213 g/mol. The standard InChI is InChI=1S/C12H23NO2/c1-9-7-10(2)11(3)13(8-9)6-4-5-12(14)15/h9-11H,4-8H2,1-3H3,(H,14,15). The second-order valence-corrected chi connectivity index (χ2v) is 5.05. The largest absolute Gasteiger partial charge is 0.481 e. The van der Waals surface area contributed by atoms with Gasteiger partial charge < -0.3 is 10.0 Å². The van der Waals surface area contributed by atoms with Gasteiger partial charge in [0, 0.05) is 19.0 Å². The molecule has 0 aliphatic carbocycles. The van der Waals surface area contributed by atoms with Crippen LogP contribution < -0.4 is 0 Å². The lowest BCUT2D eigenvalue weighted by Gasteiger charge is -2.41. The van der Waals surface area contributed by atoms with Crippen molar-refractivity contribution in [2.75, 3.05) is 13.1 Å². The molecule has 3 heteroatoms. The van der Waals surface area contributed by atoms with Crippen LogP contribution >= 0.6 is 0 Å². The van der Waals surface area contributed by atoms with Crippen molar-refractivity contribution in [2.24, 2.45) is 11.8 Å². The third-order valence-corrected chi connectivity index (χ3v) is 3.56. The van der Waals surface area contributed by atoms with Crippen molar-refractivity contribution in [3.63, 3.8) is 0 Å². The Kier molecular flexibility index (Phi) is 4.58. The molecule has 15 heavy (non-hydrogen) atoms. The summed E-state index contributed by atoms with van der Waals surface area (Å²) in [6.07, 6.45) is 2.38. The SMILES string of the molecule is CC1CC(C)C(C)N(CCCC(=O)O)C1. The Hall–Kier alpha value is -0.570. The Morgan fingerprint density at radius 1 is 1.40 bits per heavy atom. The van der Waals surface area contributed by atoms with Crippen LogP contribution in [-0.4, -0.2) is 35.1 Å². The molecule has 1 fully saturated rings. The van der Waals surface area contributed by atoms with Gasteiger partial charge in [-0.3, -0.25) is 4.79 Å². The van der Waals surface area contributed by atoms with E-state index in [1.54, 1.807) is 0 Å². The van der Waals surface area contributed by atoms with Crippen molar-refractivity contribution in [3.05, 3.63) is 0 Å². The Morgan fingerprint density at radius 2 is 2.07 bits per heavy atom. The van der Waals surface area contributed by atoms with Gasteiger partial charge >= 0.3 is 5.97 Å². The summed E-state index contributed by atoms with van der Waals surface area (Å²) >= 11 is 0. The molecule has 1 N–H and O–H groups in total. The molecule has 0 spiro atoms. The van der Waals surface area contributed by atoms with E-state index in [0.29, 0.717) is 12.5 Å². The minimum Gasteiger partial charge on any atom is -0.481 e. The third-order valence-electron chi connectivity index (χ3n) is 3.56. The number of carboxylic acids is 1. The number of carbonyl (C=O) groups is 1. The van der Waals surface area contributed by atoms with Crippen molar-refractivity contribution in [1.82, 2.24) is 4.90 Å². The highest BCUT2D eigenvalue weighted by Gasteiger charge is 2.28. The highest BCUT2D eigenvalue weighted by atomic mass is 16.4. The van der Waals surface area contributed by atoms with Crippen molar-refractivity contribution in [3.8, 4) is 0 Å². The topological polar surface area (TPSA) is 40.5 Å². The maximum absolute atomic E-state index is 10.4. The number of piperidine rings is 1. The summed E-state index contributed by atoms with van der Waals surface area (Å²) in [6.45, 7) is 8.90.